The Morgan fingerprint density at radius 1 is 1.27 bits per heavy atom. The largest absolute Gasteiger partial charge is 0.369 e. The molecule has 2 N–H and O–H groups in total. The van der Waals surface area contributed by atoms with Crippen LogP contribution in [0.15, 0.2) is 41.4 Å². The second-order valence-corrected chi connectivity index (χ2v) is 7.72. The Kier molecular flexibility index (Phi) is 4.84. The number of nitrogens with zero attached hydrogens (tertiary/aromatic N) is 1. The molecule has 26 heavy (non-hydrogen) atoms. The second-order valence-electron chi connectivity index (χ2n) is 6.87. The molecule has 6 heteroatoms. The van der Waals surface area contributed by atoms with E-state index in [0.717, 1.165) is 17.0 Å². The molecule has 0 bridgehead atoms. The van der Waals surface area contributed by atoms with Crippen molar-refractivity contribution in [2.75, 3.05) is 0 Å². The smallest absolute Gasteiger partial charge is 0.220 e. The molecule has 1 aliphatic rings. The number of hydrogen-bond acceptors (Lipinski definition) is 2. The Morgan fingerprint density at radius 2 is 1.96 bits per heavy atom. The molecule has 136 valence electrons. The van der Waals surface area contributed by atoms with E-state index in [0.29, 0.717) is 10.6 Å². The quantitative estimate of drug-likeness (QED) is 0.743. The summed E-state index contributed by atoms with van der Waals surface area (Å²) < 4.78 is 14.9. The third-order valence-electron chi connectivity index (χ3n) is 5.45. The maximum Gasteiger partial charge on any atom is 0.220 e. The van der Waals surface area contributed by atoms with Crippen molar-refractivity contribution in [1.29, 1.82) is 0 Å². The molecule has 0 spiro atoms. The van der Waals surface area contributed by atoms with Crippen LogP contribution < -0.4 is 5.73 Å². The summed E-state index contributed by atoms with van der Waals surface area (Å²) in [5.74, 6) is -2.25. The normalized spacial score (nSPS) is 21.1. The summed E-state index contributed by atoms with van der Waals surface area (Å²) in [4.78, 5) is 16.7. The van der Waals surface area contributed by atoms with Gasteiger partial charge in [0.25, 0.3) is 0 Å². The van der Waals surface area contributed by atoms with Crippen molar-refractivity contribution in [2.24, 2.45) is 16.6 Å². The molecule has 3 atom stereocenters. The van der Waals surface area contributed by atoms with Crippen LogP contribution in [-0.4, -0.2) is 11.6 Å². The molecular weight excluding hydrogens is 374 g/mol. The van der Waals surface area contributed by atoms with Gasteiger partial charge >= 0.3 is 0 Å². The van der Waals surface area contributed by atoms with Gasteiger partial charge in [0.1, 0.15) is 5.82 Å². The Bertz CT molecular complexity index is 928. The lowest BCUT2D eigenvalue weighted by Crippen LogP contribution is -2.42. The Balaban J connectivity index is 2.28. The van der Waals surface area contributed by atoms with E-state index >= 15 is 0 Å². The monoisotopic (exact) mass is 392 g/mol. The third kappa shape index (κ3) is 2.81. The number of benzene rings is 2. The van der Waals surface area contributed by atoms with E-state index in [2.05, 4.69) is 4.99 Å². The van der Waals surface area contributed by atoms with E-state index < -0.39 is 29.0 Å². The van der Waals surface area contributed by atoms with E-state index in [1.54, 1.807) is 31.2 Å². The van der Waals surface area contributed by atoms with Crippen LogP contribution in [0.2, 0.25) is 10.0 Å². The van der Waals surface area contributed by atoms with Crippen molar-refractivity contribution in [1.82, 2.24) is 0 Å². The summed E-state index contributed by atoms with van der Waals surface area (Å²) >= 11 is 12.1. The van der Waals surface area contributed by atoms with E-state index in [1.165, 1.54) is 6.07 Å². The van der Waals surface area contributed by atoms with Crippen LogP contribution in [0.1, 0.15) is 37.8 Å². The van der Waals surface area contributed by atoms with E-state index in [-0.39, 0.29) is 5.02 Å². The average molecular weight is 393 g/mol. The number of carbonyl (C=O) groups is 1. The van der Waals surface area contributed by atoms with Crippen molar-refractivity contribution in [3.05, 3.63) is 63.4 Å². The number of fused-ring (bicyclic) bond motifs is 1. The maximum absolute atomic E-state index is 14.9. The fraction of sp³-hybridized carbons (Fsp3) is 0.300. The number of aliphatic imine (C=N–C) groups is 1. The minimum Gasteiger partial charge on any atom is -0.369 e. The SMILES string of the molecule is CC1=Nc2cc(Cl)ccc2C1(C)C(c1cccc(Cl)c1F)C(C)C(N)=O. The fourth-order valence-corrected chi connectivity index (χ4v) is 4.27. The van der Waals surface area contributed by atoms with Crippen LogP contribution in [0.4, 0.5) is 10.1 Å². The summed E-state index contributed by atoms with van der Waals surface area (Å²) in [6.07, 6.45) is 0. The van der Waals surface area contributed by atoms with Crippen LogP contribution in [0.5, 0.6) is 0 Å². The van der Waals surface area contributed by atoms with Crippen molar-refractivity contribution >= 4 is 40.5 Å². The summed E-state index contributed by atoms with van der Waals surface area (Å²) in [6.45, 7) is 5.53. The molecule has 3 rings (SSSR count). The van der Waals surface area contributed by atoms with Gasteiger partial charge in [0, 0.05) is 28.0 Å². The highest BCUT2D eigenvalue weighted by Crippen LogP contribution is 2.52. The van der Waals surface area contributed by atoms with Crippen LogP contribution in [0.3, 0.4) is 0 Å². The number of nitrogens with two attached hydrogens (primary N) is 1. The van der Waals surface area contributed by atoms with Crippen LogP contribution in [0.25, 0.3) is 0 Å². The molecule has 2 aromatic rings. The zero-order valence-corrected chi connectivity index (χ0v) is 16.2. The topological polar surface area (TPSA) is 55.4 Å². The van der Waals surface area contributed by atoms with Crippen molar-refractivity contribution in [3.8, 4) is 0 Å². The van der Waals surface area contributed by atoms with Gasteiger partial charge in [-0.1, -0.05) is 48.3 Å². The maximum atomic E-state index is 14.9. The van der Waals surface area contributed by atoms with Crippen molar-refractivity contribution < 1.29 is 9.18 Å². The third-order valence-corrected chi connectivity index (χ3v) is 5.97. The van der Waals surface area contributed by atoms with Gasteiger partial charge < -0.3 is 5.73 Å². The number of rotatable bonds is 4. The van der Waals surface area contributed by atoms with Gasteiger partial charge in [-0.2, -0.15) is 0 Å². The van der Waals surface area contributed by atoms with Gasteiger partial charge in [-0.3, -0.25) is 9.79 Å². The first-order chi connectivity index (χ1) is 12.2. The molecule has 0 radical (unpaired) electrons. The predicted molar refractivity (Wildman–Crippen MR) is 104 cm³/mol. The molecule has 1 heterocycles. The number of amides is 1. The highest BCUT2D eigenvalue weighted by atomic mass is 35.5. The minimum absolute atomic E-state index is 0.0108. The van der Waals surface area contributed by atoms with E-state index in [9.17, 15) is 9.18 Å². The van der Waals surface area contributed by atoms with Gasteiger partial charge in [0.05, 0.1) is 10.7 Å². The molecular formula is C20H19Cl2FN2O. The Labute approximate surface area is 162 Å². The first-order valence-corrected chi connectivity index (χ1v) is 9.02. The molecule has 1 aliphatic heterocycles. The van der Waals surface area contributed by atoms with Gasteiger partial charge in [-0.25, -0.2) is 4.39 Å². The van der Waals surface area contributed by atoms with Crippen LogP contribution >= 0.6 is 23.2 Å². The van der Waals surface area contributed by atoms with Crippen molar-refractivity contribution in [2.45, 2.75) is 32.1 Å². The molecule has 2 aromatic carbocycles. The van der Waals surface area contributed by atoms with Crippen molar-refractivity contribution in [3.63, 3.8) is 0 Å². The number of carbonyl (C=O) groups excluding carboxylic acids is 1. The molecule has 0 aliphatic carbocycles. The molecule has 3 unspecified atom stereocenters. The lowest BCUT2D eigenvalue weighted by atomic mass is 9.62. The number of hydrogen-bond donors (Lipinski definition) is 1. The first-order valence-electron chi connectivity index (χ1n) is 8.27. The fourth-order valence-electron chi connectivity index (χ4n) is 3.93. The Hall–Kier alpha value is -1.91. The molecule has 3 nitrogen and oxygen atoms in total. The van der Waals surface area contributed by atoms with Crippen LogP contribution in [0, 0.1) is 11.7 Å². The highest BCUT2D eigenvalue weighted by molar-refractivity contribution is 6.31. The van der Waals surface area contributed by atoms with Gasteiger partial charge in [0.15, 0.2) is 0 Å². The molecule has 0 saturated carbocycles. The van der Waals surface area contributed by atoms with E-state index in [1.807, 2.05) is 19.9 Å². The summed E-state index contributed by atoms with van der Waals surface area (Å²) in [5.41, 5.74) is 7.63. The van der Waals surface area contributed by atoms with Gasteiger partial charge in [-0.05, 0) is 43.2 Å². The summed E-state index contributed by atoms with van der Waals surface area (Å²) in [5, 5.41) is 0.578. The highest BCUT2D eigenvalue weighted by Gasteiger charge is 2.48. The van der Waals surface area contributed by atoms with Gasteiger partial charge in [-0.15, -0.1) is 0 Å². The molecule has 0 fully saturated rings. The predicted octanol–water partition coefficient (Wildman–Crippen LogP) is 5.40. The summed E-state index contributed by atoms with van der Waals surface area (Å²) in [6, 6.07) is 10.2. The molecule has 1 amide bonds. The minimum atomic E-state index is -0.722. The number of halogens is 3. The zero-order valence-electron chi connectivity index (χ0n) is 14.7. The lowest BCUT2D eigenvalue weighted by molar-refractivity contribution is -0.122. The Morgan fingerprint density at radius 3 is 2.62 bits per heavy atom. The van der Waals surface area contributed by atoms with Gasteiger partial charge in [0.2, 0.25) is 5.91 Å². The standard InChI is InChI=1S/C20H19Cl2FN2O/c1-10(19(24)26)17(13-5-4-6-15(22)18(13)23)20(3)11(2)25-16-9-12(21)7-8-14(16)20/h4-10,17H,1-3H3,(H2,24,26). The lowest BCUT2D eigenvalue weighted by Gasteiger charge is -2.39. The average Bonchev–Trinajstić information content (AvgIpc) is 2.82. The van der Waals surface area contributed by atoms with Crippen LogP contribution in [-0.2, 0) is 10.2 Å². The van der Waals surface area contributed by atoms with E-state index in [4.69, 9.17) is 28.9 Å². The molecule has 0 aromatic heterocycles. The molecule has 0 saturated heterocycles. The second kappa shape index (κ2) is 6.67. The zero-order chi connectivity index (χ0) is 19.2. The first kappa shape index (κ1) is 18.9. The summed E-state index contributed by atoms with van der Waals surface area (Å²) in [7, 11) is 0. The number of primary amides is 1.